The number of fused-ring (bicyclic) bond motifs is 2. The third-order valence-corrected chi connectivity index (χ3v) is 6.92. The first-order valence-electron chi connectivity index (χ1n) is 12.5. The zero-order valence-corrected chi connectivity index (χ0v) is 21.0. The normalized spacial score (nSPS) is 18.0. The number of methoxy groups -OCH3 is 1. The molecule has 1 fully saturated rings. The van der Waals surface area contributed by atoms with E-state index in [1.807, 2.05) is 18.7 Å². The van der Waals surface area contributed by atoms with Crippen LogP contribution in [-0.2, 0) is 28.9 Å². The highest BCUT2D eigenvalue weighted by Crippen LogP contribution is 2.40. The Labute approximate surface area is 205 Å². The number of aromatic nitrogens is 3. The van der Waals surface area contributed by atoms with Crippen LogP contribution in [0.1, 0.15) is 73.8 Å². The number of hydrogen-bond acceptors (Lipinski definition) is 6. The maximum Gasteiger partial charge on any atom is 0.409 e. The molecule has 0 saturated carbocycles. The predicted octanol–water partition coefficient (Wildman–Crippen LogP) is 5.11. The quantitative estimate of drug-likeness (QED) is 0.594. The van der Waals surface area contributed by atoms with E-state index in [1.165, 1.54) is 7.11 Å². The summed E-state index contributed by atoms with van der Waals surface area (Å²) in [6, 6.07) is 1.80. The molecule has 3 aliphatic rings. The number of amides is 1. The summed E-state index contributed by atoms with van der Waals surface area (Å²) in [7, 11) is 1.38. The number of alkyl halides is 2. The van der Waals surface area contributed by atoms with Gasteiger partial charge in [-0.25, -0.2) is 13.6 Å². The molecule has 5 rings (SSSR count). The number of nitrogens with zero attached hydrogens (tertiary/aromatic N) is 5. The average Bonchev–Trinajstić information content (AvgIpc) is 3.27. The van der Waals surface area contributed by atoms with Crippen molar-refractivity contribution in [3.63, 3.8) is 0 Å². The monoisotopic (exact) mass is 491 g/mol. The molecular formula is C25H35F2N5O3. The van der Waals surface area contributed by atoms with E-state index in [2.05, 4.69) is 9.67 Å². The van der Waals surface area contributed by atoms with E-state index >= 15 is 0 Å². The Balaban J connectivity index is 0.00000141. The number of carbonyl (C=O) groups is 1. The van der Waals surface area contributed by atoms with Gasteiger partial charge in [-0.05, 0) is 38.7 Å². The van der Waals surface area contributed by atoms with E-state index in [-0.39, 0.29) is 17.7 Å². The maximum absolute atomic E-state index is 13.7. The standard InChI is InChI=1S/C23H29F2N5O3.C2H6/c1-14-16(21(24)25)12-20-18(26-14)4-3-8-29(20)22-17-13-28(23(31)32-2)9-5-19(17)30(27-22)15-6-10-33-11-7-15;1-2/h12,15,21H,3-11,13H2,1-2H3;1-2H3. The molecule has 2 aromatic heterocycles. The van der Waals surface area contributed by atoms with Crippen molar-refractivity contribution in [3.8, 4) is 0 Å². The van der Waals surface area contributed by atoms with Gasteiger partial charge in [0.05, 0.1) is 31.1 Å². The van der Waals surface area contributed by atoms with E-state index in [4.69, 9.17) is 14.6 Å². The second-order valence-corrected chi connectivity index (χ2v) is 8.86. The minimum atomic E-state index is -2.59. The third kappa shape index (κ3) is 4.85. The summed E-state index contributed by atoms with van der Waals surface area (Å²) in [5.74, 6) is 0.733. The van der Waals surface area contributed by atoms with Gasteiger partial charge in [-0.15, -0.1) is 0 Å². The van der Waals surface area contributed by atoms with Crippen LogP contribution in [0, 0.1) is 6.92 Å². The Morgan fingerprint density at radius 1 is 1.20 bits per heavy atom. The molecule has 0 radical (unpaired) electrons. The summed E-state index contributed by atoms with van der Waals surface area (Å²) in [6.45, 7) is 8.62. The fraction of sp³-hybridized carbons (Fsp3) is 0.640. The highest BCUT2D eigenvalue weighted by Gasteiger charge is 2.34. The topological polar surface area (TPSA) is 72.7 Å². The van der Waals surface area contributed by atoms with Crippen molar-refractivity contribution in [1.82, 2.24) is 19.7 Å². The Morgan fingerprint density at radius 3 is 2.63 bits per heavy atom. The van der Waals surface area contributed by atoms with Crippen LogP contribution >= 0.6 is 0 Å². The van der Waals surface area contributed by atoms with Crippen molar-refractivity contribution >= 4 is 17.6 Å². The Bertz CT molecular complexity index is 1050. The average molecular weight is 492 g/mol. The fourth-order valence-electron chi connectivity index (χ4n) is 5.20. The van der Waals surface area contributed by atoms with Crippen LogP contribution in [0.3, 0.4) is 0 Å². The zero-order chi connectivity index (χ0) is 25.1. The van der Waals surface area contributed by atoms with Crippen LogP contribution < -0.4 is 4.90 Å². The molecule has 0 aliphatic carbocycles. The van der Waals surface area contributed by atoms with Gasteiger partial charge in [-0.1, -0.05) is 13.8 Å². The molecule has 5 heterocycles. The number of carbonyl (C=O) groups excluding carboxylic acids is 1. The maximum atomic E-state index is 13.7. The lowest BCUT2D eigenvalue weighted by atomic mass is 10.0. The van der Waals surface area contributed by atoms with Crippen LogP contribution in [0.4, 0.5) is 25.1 Å². The summed E-state index contributed by atoms with van der Waals surface area (Å²) in [5, 5.41) is 5.05. The van der Waals surface area contributed by atoms with Crippen LogP contribution in [0.15, 0.2) is 6.07 Å². The van der Waals surface area contributed by atoms with Gasteiger partial charge in [0.2, 0.25) is 0 Å². The van der Waals surface area contributed by atoms with Crippen LogP contribution in [0.2, 0.25) is 0 Å². The minimum Gasteiger partial charge on any atom is -0.453 e. The van der Waals surface area contributed by atoms with Gasteiger partial charge in [0.1, 0.15) is 0 Å². The van der Waals surface area contributed by atoms with E-state index < -0.39 is 6.43 Å². The van der Waals surface area contributed by atoms with Gasteiger partial charge in [-0.3, -0.25) is 9.67 Å². The van der Waals surface area contributed by atoms with Gasteiger partial charge in [-0.2, -0.15) is 5.10 Å². The predicted molar refractivity (Wildman–Crippen MR) is 128 cm³/mol. The number of halogens is 2. The molecule has 192 valence electrons. The summed E-state index contributed by atoms with van der Waals surface area (Å²) in [4.78, 5) is 20.5. The molecule has 8 nitrogen and oxygen atoms in total. The van der Waals surface area contributed by atoms with Crippen molar-refractivity contribution in [1.29, 1.82) is 0 Å². The molecular weight excluding hydrogens is 456 g/mol. The van der Waals surface area contributed by atoms with Crippen molar-refractivity contribution in [2.45, 2.75) is 71.9 Å². The lowest BCUT2D eigenvalue weighted by molar-refractivity contribution is 0.0649. The van der Waals surface area contributed by atoms with E-state index in [1.54, 1.807) is 17.9 Å². The molecule has 0 bridgehead atoms. The highest BCUT2D eigenvalue weighted by atomic mass is 19.3. The second kappa shape index (κ2) is 10.9. The van der Waals surface area contributed by atoms with Crippen molar-refractivity contribution in [3.05, 3.63) is 34.3 Å². The van der Waals surface area contributed by atoms with Crippen LogP contribution in [0.5, 0.6) is 0 Å². The Kier molecular flexibility index (Phi) is 7.88. The largest absolute Gasteiger partial charge is 0.453 e. The number of aryl methyl sites for hydroxylation is 2. The fourth-order valence-corrected chi connectivity index (χ4v) is 5.20. The molecule has 0 atom stereocenters. The first-order chi connectivity index (χ1) is 17.0. The van der Waals surface area contributed by atoms with Gasteiger partial charge in [0.25, 0.3) is 6.43 Å². The molecule has 0 spiro atoms. The van der Waals surface area contributed by atoms with E-state index in [0.29, 0.717) is 50.7 Å². The number of pyridine rings is 1. The first-order valence-corrected chi connectivity index (χ1v) is 12.5. The number of anilines is 2. The summed E-state index contributed by atoms with van der Waals surface area (Å²) in [5.41, 5.74) is 3.91. The molecule has 1 amide bonds. The van der Waals surface area contributed by atoms with Crippen molar-refractivity contribution in [2.24, 2.45) is 0 Å². The summed E-state index contributed by atoms with van der Waals surface area (Å²) < 4.78 is 40.0. The van der Waals surface area contributed by atoms with E-state index in [0.717, 1.165) is 48.5 Å². The van der Waals surface area contributed by atoms with Gasteiger partial charge < -0.3 is 19.3 Å². The van der Waals surface area contributed by atoms with Crippen LogP contribution in [0.25, 0.3) is 0 Å². The molecule has 3 aliphatic heterocycles. The molecule has 0 unspecified atom stereocenters. The molecule has 1 saturated heterocycles. The smallest absolute Gasteiger partial charge is 0.409 e. The lowest BCUT2D eigenvalue weighted by Crippen LogP contribution is -2.37. The van der Waals surface area contributed by atoms with Gasteiger partial charge in [0, 0.05) is 55.2 Å². The SMILES string of the molecule is CC.COC(=O)N1CCc2c(c(N3CCCc4nc(C)c(C(F)F)cc43)nn2C2CCOCC2)C1. The number of hydrogen-bond donors (Lipinski definition) is 0. The van der Waals surface area contributed by atoms with Crippen LogP contribution in [-0.4, -0.2) is 59.2 Å². The van der Waals surface area contributed by atoms with Gasteiger partial charge in [0.15, 0.2) is 5.82 Å². The second-order valence-electron chi connectivity index (χ2n) is 8.86. The molecule has 35 heavy (non-hydrogen) atoms. The Hall–Kier alpha value is -2.75. The lowest BCUT2D eigenvalue weighted by Gasteiger charge is -2.32. The van der Waals surface area contributed by atoms with Crippen molar-refractivity contribution in [2.75, 3.05) is 38.3 Å². The third-order valence-electron chi connectivity index (χ3n) is 6.92. The zero-order valence-electron chi connectivity index (χ0n) is 21.0. The minimum absolute atomic E-state index is 0.0467. The number of ether oxygens (including phenoxy) is 2. The molecule has 10 heteroatoms. The number of rotatable bonds is 3. The first kappa shape index (κ1) is 25.3. The van der Waals surface area contributed by atoms with Crippen molar-refractivity contribution < 1.29 is 23.0 Å². The molecule has 2 aromatic rings. The summed E-state index contributed by atoms with van der Waals surface area (Å²) >= 11 is 0. The molecule has 0 N–H and O–H groups in total. The highest BCUT2D eigenvalue weighted by molar-refractivity contribution is 5.71. The van der Waals surface area contributed by atoms with Gasteiger partial charge >= 0.3 is 6.09 Å². The van der Waals surface area contributed by atoms with E-state index in [9.17, 15) is 13.6 Å². The summed E-state index contributed by atoms with van der Waals surface area (Å²) in [6.07, 6.45) is 1.06. The Morgan fingerprint density at radius 2 is 1.94 bits per heavy atom. The molecule has 0 aromatic carbocycles.